The minimum atomic E-state index is 0.620. The quantitative estimate of drug-likeness (QED) is 0.380. The first kappa shape index (κ1) is 17.7. The molecule has 0 unspecified atom stereocenters. The van der Waals surface area contributed by atoms with Crippen LogP contribution >= 0.6 is 0 Å². The summed E-state index contributed by atoms with van der Waals surface area (Å²) < 4.78 is 0. The normalized spacial score (nSPS) is 10.6. The Morgan fingerprint density at radius 3 is 1.90 bits per heavy atom. The molecule has 4 aromatic carbocycles. The van der Waals surface area contributed by atoms with Gasteiger partial charge in [0.15, 0.2) is 0 Å². The number of H-pyrrole nitrogens is 1. The number of rotatable bonds is 4. The second-order valence-corrected chi connectivity index (χ2v) is 6.98. The Kier molecular flexibility index (Phi) is 4.47. The molecule has 0 radical (unpaired) electrons. The summed E-state index contributed by atoms with van der Waals surface area (Å²) in [6, 6.07) is 36.6. The van der Waals surface area contributed by atoms with Crippen molar-refractivity contribution in [1.29, 1.82) is 5.26 Å². The first-order valence-electron chi connectivity index (χ1n) is 9.72. The number of anilines is 3. The summed E-state index contributed by atoms with van der Waals surface area (Å²) in [6.07, 6.45) is 0. The van der Waals surface area contributed by atoms with Gasteiger partial charge in [-0.3, -0.25) is 0 Å². The summed E-state index contributed by atoms with van der Waals surface area (Å²) in [5.41, 5.74) is 6.60. The number of imidazole rings is 1. The van der Waals surface area contributed by atoms with Crippen molar-refractivity contribution >= 4 is 28.1 Å². The van der Waals surface area contributed by atoms with Crippen LogP contribution in [0.2, 0.25) is 0 Å². The SMILES string of the molecule is N#Cc1ccc2nc(-c3ccc(N(c4ccccc4)c4ccccc4)cc3)[nH]c2c1. The average Bonchev–Trinajstić information content (AvgIpc) is 3.24. The molecule has 5 aromatic rings. The monoisotopic (exact) mass is 386 g/mol. The number of nitrogens with zero attached hydrogens (tertiary/aromatic N) is 3. The largest absolute Gasteiger partial charge is 0.338 e. The lowest BCUT2D eigenvalue weighted by molar-refractivity contribution is 1.28. The van der Waals surface area contributed by atoms with Crippen molar-refractivity contribution in [3.8, 4) is 17.5 Å². The highest BCUT2D eigenvalue weighted by Crippen LogP contribution is 2.35. The summed E-state index contributed by atoms with van der Waals surface area (Å²) in [4.78, 5) is 10.2. The molecule has 0 amide bonds. The predicted octanol–water partition coefficient (Wildman–Crippen LogP) is 6.57. The number of nitrogens with one attached hydrogen (secondary N) is 1. The van der Waals surface area contributed by atoms with E-state index >= 15 is 0 Å². The van der Waals surface area contributed by atoms with Crippen molar-refractivity contribution in [2.24, 2.45) is 0 Å². The first-order valence-corrected chi connectivity index (χ1v) is 9.72. The van der Waals surface area contributed by atoms with E-state index in [1.165, 1.54) is 0 Å². The molecule has 5 rings (SSSR count). The maximum Gasteiger partial charge on any atom is 0.138 e. The van der Waals surface area contributed by atoms with Crippen LogP contribution in [-0.2, 0) is 0 Å². The fourth-order valence-corrected chi connectivity index (χ4v) is 3.59. The van der Waals surface area contributed by atoms with Crippen LogP contribution in [0.1, 0.15) is 5.56 Å². The van der Waals surface area contributed by atoms with E-state index in [1.54, 1.807) is 6.07 Å². The molecule has 0 aliphatic heterocycles. The summed E-state index contributed by atoms with van der Waals surface area (Å²) in [6.45, 7) is 0. The van der Waals surface area contributed by atoms with E-state index in [0.29, 0.717) is 5.56 Å². The molecule has 0 spiro atoms. The zero-order valence-corrected chi connectivity index (χ0v) is 16.2. The van der Waals surface area contributed by atoms with Crippen LogP contribution in [-0.4, -0.2) is 9.97 Å². The van der Waals surface area contributed by atoms with E-state index in [4.69, 9.17) is 5.26 Å². The van der Waals surface area contributed by atoms with E-state index in [-0.39, 0.29) is 0 Å². The van der Waals surface area contributed by atoms with Crippen LogP contribution in [0.5, 0.6) is 0 Å². The van der Waals surface area contributed by atoms with Gasteiger partial charge in [-0.25, -0.2) is 4.98 Å². The molecule has 0 saturated carbocycles. The topological polar surface area (TPSA) is 55.7 Å². The molecule has 4 heteroatoms. The van der Waals surface area contributed by atoms with Gasteiger partial charge >= 0.3 is 0 Å². The fraction of sp³-hybridized carbons (Fsp3) is 0. The van der Waals surface area contributed by atoms with Crippen LogP contribution in [0, 0.1) is 11.3 Å². The van der Waals surface area contributed by atoms with Gasteiger partial charge in [-0.05, 0) is 66.7 Å². The molecular weight excluding hydrogens is 368 g/mol. The Hall–Kier alpha value is -4.36. The number of hydrogen-bond acceptors (Lipinski definition) is 3. The van der Waals surface area contributed by atoms with Crippen molar-refractivity contribution in [2.75, 3.05) is 4.90 Å². The van der Waals surface area contributed by atoms with E-state index in [2.05, 4.69) is 69.5 Å². The number of hydrogen-bond donors (Lipinski definition) is 1. The van der Waals surface area contributed by atoms with Crippen molar-refractivity contribution in [3.05, 3.63) is 109 Å². The molecule has 142 valence electrons. The van der Waals surface area contributed by atoms with E-state index in [1.807, 2.05) is 48.5 Å². The molecule has 0 aliphatic rings. The van der Waals surface area contributed by atoms with Gasteiger partial charge in [0.1, 0.15) is 5.82 Å². The minimum absolute atomic E-state index is 0.620. The molecule has 0 bridgehead atoms. The Labute approximate surface area is 174 Å². The van der Waals surface area contributed by atoms with Gasteiger partial charge in [0.05, 0.1) is 22.7 Å². The number of aromatic nitrogens is 2. The Morgan fingerprint density at radius 1 is 0.700 bits per heavy atom. The lowest BCUT2D eigenvalue weighted by atomic mass is 10.1. The molecule has 4 nitrogen and oxygen atoms in total. The fourth-order valence-electron chi connectivity index (χ4n) is 3.59. The number of aromatic amines is 1. The third-order valence-electron chi connectivity index (χ3n) is 5.04. The van der Waals surface area contributed by atoms with Crippen LogP contribution in [0.25, 0.3) is 22.4 Å². The highest BCUT2D eigenvalue weighted by molar-refractivity contribution is 5.82. The zero-order valence-electron chi connectivity index (χ0n) is 16.2. The molecular formula is C26H18N4. The molecule has 1 N–H and O–H groups in total. The van der Waals surface area contributed by atoms with Crippen molar-refractivity contribution in [2.45, 2.75) is 0 Å². The molecule has 0 atom stereocenters. The van der Waals surface area contributed by atoms with Gasteiger partial charge in [-0.15, -0.1) is 0 Å². The predicted molar refractivity (Wildman–Crippen MR) is 121 cm³/mol. The Morgan fingerprint density at radius 2 is 1.30 bits per heavy atom. The highest BCUT2D eigenvalue weighted by atomic mass is 15.1. The zero-order chi connectivity index (χ0) is 20.3. The lowest BCUT2D eigenvalue weighted by Gasteiger charge is -2.25. The van der Waals surface area contributed by atoms with Gasteiger partial charge in [0.2, 0.25) is 0 Å². The van der Waals surface area contributed by atoms with Gasteiger partial charge in [-0.1, -0.05) is 36.4 Å². The van der Waals surface area contributed by atoms with E-state index in [9.17, 15) is 0 Å². The van der Waals surface area contributed by atoms with Crippen LogP contribution in [0.3, 0.4) is 0 Å². The van der Waals surface area contributed by atoms with E-state index in [0.717, 1.165) is 39.5 Å². The molecule has 0 aliphatic carbocycles. The maximum absolute atomic E-state index is 9.10. The van der Waals surface area contributed by atoms with Crippen LogP contribution < -0.4 is 4.90 Å². The highest BCUT2D eigenvalue weighted by Gasteiger charge is 2.12. The molecule has 1 aromatic heterocycles. The molecule has 30 heavy (non-hydrogen) atoms. The van der Waals surface area contributed by atoms with Crippen LogP contribution in [0.15, 0.2) is 103 Å². The number of fused-ring (bicyclic) bond motifs is 1. The summed E-state index contributed by atoms with van der Waals surface area (Å²) in [5, 5.41) is 9.10. The third kappa shape index (κ3) is 3.30. The maximum atomic E-state index is 9.10. The van der Waals surface area contributed by atoms with Crippen molar-refractivity contribution in [1.82, 2.24) is 9.97 Å². The smallest absolute Gasteiger partial charge is 0.138 e. The van der Waals surface area contributed by atoms with E-state index < -0.39 is 0 Å². The summed E-state index contributed by atoms with van der Waals surface area (Å²) in [5.74, 6) is 0.789. The van der Waals surface area contributed by atoms with Gasteiger partial charge in [-0.2, -0.15) is 5.26 Å². The minimum Gasteiger partial charge on any atom is -0.338 e. The number of nitriles is 1. The Balaban J connectivity index is 1.53. The molecule has 0 fully saturated rings. The standard InChI is InChI=1S/C26H18N4/c27-18-19-11-16-24-25(17-19)29-26(28-24)20-12-14-23(15-13-20)30(21-7-3-1-4-8-21)22-9-5-2-6-10-22/h1-17H,(H,28,29). The van der Waals surface area contributed by atoms with Crippen molar-refractivity contribution < 1.29 is 0 Å². The van der Waals surface area contributed by atoms with Crippen molar-refractivity contribution in [3.63, 3.8) is 0 Å². The third-order valence-corrected chi connectivity index (χ3v) is 5.04. The second kappa shape index (κ2) is 7.57. The Bertz CT molecular complexity index is 1290. The average molecular weight is 386 g/mol. The van der Waals surface area contributed by atoms with Crippen LogP contribution in [0.4, 0.5) is 17.1 Å². The summed E-state index contributed by atoms with van der Waals surface area (Å²) >= 11 is 0. The molecule has 0 saturated heterocycles. The number of benzene rings is 4. The second-order valence-electron chi connectivity index (χ2n) is 6.98. The first-order chi connectivity index (χ1) is 14.8. The summed E-state index contributed by atoms with van der Waals surface area (Å²) in [7, 11) is 0. The number of para-hydroxylation sites is 2. The van der Waals surface area contributed by atoms with Gasteiger partial charge in [0, 0.05) is 22.6 Å². The van der Waals surface area contributed by atoms with Gasteiger partial charge in [0.25, 0.3) is 0 Å². The van der Waals surface area contributed by atoms with Gasteiger partial charge < -0.3 is 9.88 Å². The lowest BCUT2D eigenvalue weighted by Crippen LogP contribution is -2.09. The molecule has 1 heterocycles.